The van der Waals surface area contributed by atoms with E-state index in [0.717, 1.165) is 28.9 Å². The topological polar surface area (TPSA) is 36.7 Å². The number of aryl methyl sites for hydroxylation is 1. The van der Waals surface area contributed by atoms with Crippen LogP contribution in [0.1, 0.15) is 22.4 Å². The molecule has 1 aliphatic carbocycles. The van der Waals surface area contributed by atoms with Gasteiger partial charge in [0.25, 0.3) is 0 Å². The van der Waals surface area contributed by atoms with Crippen molar-refractivity contribution in [1.29, 1.82) is 5.26 Å². The smallest absolute Gasteiger partial charge is 0.102 e. The Morgan fingerprint density at radius 1 is 1.00 bits per heavy atom. The molecule has 3 aromatic rings. The molecule has 0 saturated heterocycles. The molecule has 1 aromatic heterocycles. The summed E-state index contributed by atoms with van der Waals surface area (Å²) in [7, 11) is 0. The first kappa shape index (κ1) is 12.8. The molecule has 0 radical (unpaired) electrons. The summed E-state index contributed by atoms with van der Waals surface area (Å²) in [5.74, 6) is 0. The van der Waals surface area contributed by atoms with Crippen molar-refractivity contribution in [2.45, 2.75) is 13.3 Å². The average Bonchev–Trinajstić information content (AvgIpc) is 2.92. The zero-order valence-corrected chi connectivity index (χ0v) is 12.3. The van der Waals surface area contributed by atoms with Crippen molar-refractivity contribution in [2.75, 3.05) is 0 Å². The molecule has 2 nitrogen and oxygen atoms in total. The lowest BCUT2D eigenvalue weighted by Gasteiger charge is -2.13. The number of aromatic nitrogens is 1. The minimum atomic E-state index is 0.692. The maximum Gasteiger partial charge on any atom is 0.102 e. The van der Waals surface area contributed by atoms with Crippen LogP contribution in [0.2, 0.25) is 0 Å². The molecule has 1 heterocycles. The predicted molar refractivity (Wildman–Crippen MR) is 87.4 cm³/mol. The van der Waals surface area contributed by atoms with Gasteiger partial charge in [-0.05, 0) is 23.6 Å². The zero-order valence-electron chi connectivity index (χ0n) is 12.3. The number of pyridine rings is 1. The lowest BCUT2D eigenvalue weighted by atomic mass is 9.93. The summed E-state index contributed by atoms with van der Waals surface area (Å²) >= 11 is 0. The fraction of sp³-hybridized carbons (Fsp3) is 0.100. The molecule has 0 bridgehead atoms. The van der Waals surface area contributed by atoms with Crippen LogP contribution in [0.4, 0.5) is 0 Å². The van der Waals surface area contributed by atoms with Crippen molar-refractivity contribution < 1.29 is 0 Å². The van der Waals surface area contributed by atoms with E-state index >= 15 is 0 Å². The highest BCUT2D eigenvalue weighted by Gasteiger charge is 2.26. The van der Waals surface area contributed by atoms with Gasteiger partial charge >= 0.3 is 0 Å². The van der Waals surface area contributed by atoms with E-state index < -0.39 is 0 Å². The lowest BCUT2D eigenvalue weighted by molar-refractivity contribution is 1.15. The number of rotatable bonds is 1. The van der Waals surface area contributed by atoms with Crippen LogP contribution in [0.3, 0.4) is 0 Å². The van der Waals surface area contributed by atoms with E-state index in [1.807, 2.05) is 31.2 Å². The second-order valence-electron chi connectivity index (χ2n) is 5.59. The van der Waals surface area contributed by atoms with Gasteiger partial charge < -0.3 is 0 Å². The number of hydrogen-bond donors (Lipinski definition) is 0. The third-order valence-electron chi connectivity index (χ3n) is 4.29. The van der Waals surface area contributed by atoms with E-state index in [9.17, 15) is 5.26 Å². The molecule has 22 heavy (non-hydrogen) atoms. The maximum absolute atomic E-state index is 9.62. The molecule has 2 aromatic carbocycles. The van der Waals surface area contributed by atoms with Gasteiger partial charge in [0, 0.05) is 17.5 Å². The zero-order chi connectivity index (χ0) is 15.1. The van der Waals surface area contributed by atoms with E-state index in [-0.39, 0.29) is 0 Å². The number of nitriles is 1. The number of benzene rings is 2. The quantitative estimate of drug-likeness (QED) is 0.515. The van der Waals surface area contributed by atoms with Crippen LogP contribution in [0.15, 0.2) is 54.6 Å². The molecular formula is C20H14N2. The van der Waals surface area contributed by atoms with Crippen LogP contribution in [0.5, 0.6) is 0 Å². The monoisotopic (exact) mass is 282 g/mol. The molecule has 0 unspecified atom stereocenters. The van der Waals surface area contributed by atoms with Gasteiger partial charge in [0.2, 0.25) is 0 Å². The summed E-state index contributed by atoms with van der Waals surface area (Å²) in [4.78, 5) is 4.73. The van der Waals surface area contributed by atoms with Crippen LogP contribution in [-0.4, -0.2) is 4.98 Å². The summed E-state index contributed by atoms with van der Waals surface area (Å²) in [6.45, 7) is 1.92. The second-order valence-corrected chi connectivity index (χ2v) is 5.59. The average molecular weight is 282 g/mol. The van der Waals surface area contributed by atoms with Crippen molar-refractivity contribution in [3.05, 3.63) is 77.0 Å². The summed E-state index contributed by atoms with van der Waals surface area (Å²) < 4.78 is 0. The van der Waals surface area contributed by atoms with Crippen molar-refractivity contribution in [2.24, 2.45) is 0 Å². The third kappa shape index (κ3) is 1.76. The molecule has 0 aliphatic heterocycles. The molecule has 0 atom stereocenters. The Labute approximate surface area is 129 Å². The van der Waals surface area contributed by atoms with Gasteiger partial charge in [-0.3, -0.25) is 4.98 Å². The standard InChI is InChI=1S/C20H14N2/c1-13-18(12-21)19(14-7-3-2-4-8-14)17-11-15-9-5-6-10-16(15)20(17)22-13/h2-10H,11H2,1H3. The molecule has 104 valence electrons. The minimum absolute atomic E-state index is 0.692. The molecule has 0 N–H and O–H groups in total. The van der Waals surface area contributed by atoms with Crippen molar-refractivity contribution in [3.63, 3.8) is 0 Å². The summed E-state index contributed by atoms with van der Waals surface area (Å²) in [5, 5.41) is 9.62. The van der Waals surface area contributed by atoms with E-state index in [1.54, 1.807) is 0 Å². The Morgan fingerprint density at radius 2 is 1.73 bits per heavy atom. The van der Waals surface area contributed by atoms with Crippen LogP contribution in [0, 0.1) is 18.3 Å². The summed E-state index contributed by atoms with van der Waals surface area (Å²) in [5.41, 5.74) is 8.32. The van der Waals surface area contributed by atoms with Gasteiger partial charge in [-0.1, -0.05) is 54.6 Å². The van der Waals surface area contributed by atoms with Crippen molar-refractivity contribution >= 4 is 0 Å². The fourth-order valence-electron chi connectivity index (χ4n) is 3.29. The van der Waals surface area contributed by atoms with Crippen LogP contribution in [-0.2, 0) is 6.42 Å². The number of fused-ring (bicyclic) bond motifs is 3. The van der Waals surface area contributed by atoms with Gasteiger partial charge in [-0.25, -0.2) is 0 Å². The molecule has 0 fully saturated rings. The van der Waals surface area contributed by atoms with Crippen LogP contribution in [0.25, 0.3) is 22.4 Å². The van der Waals surface area contributed by atoms with E-state index in [0.29, 0.717) is 5.56 Å². The molecular weight excluding hydrogens is 268 g/mol. The highest BCUT2D eigenvalue weighted by Crippen LogP contribution is 2.42. The first-order chi connectivity index (χ1) is 10.8. The highest BCUT2D eigenvalue weighted by atomic mass is 14.7. The lowest BCUT2D eigenvalue weighted by Crippen LogP contribution is -1.99. The van der Waals surface area contributed by atoms with Gasteiger partial charge in [0.15, 0.2) is 0 Å². The molecule has 0 saturated carbocycles. The van der Waals surface area contributed by atoms with Gasteiger partial charge in [0.1, 0.15) is 6.07 Å². The fourth-order valence-corrected chi connectivity index (χ4v) is 3.29. The Bertz CT molecular complexity index is 918. The summed E-state index contributed by atoms with van der Waals surface area (Å²) in [6.07, 6.45) is 0.845. The van der Waals surface area contributed by atoms with E-state index in [1.165, 1.54) is 16.7 Å². The maximum atomic E-state index is 9.62. The van der Waals surface area contributed by atoms with Gasteiger partial charge in [0.05, 0.1) is 17.0 Å². The van der Waals surface area contributed by atoms with Gasteiger partial charge in [-0.15, -0.1) is 0 Å². The molecule has 1 aliphatic rings. The van der Waals surface area contributed by atoms with Crippen molar-refractivity contribution in [1.82, 2.24) is 4.98 Å². The first-order valence-corrected chi connectivity index (χ1v) is 7.37. The Hall–Kier alpha value is -2.92. The Balaban J connectivity index is 2.08. The first-order valence-electron chi connectivity index (χ1n) is 7.37. The van der Waals surface area contributed by atoms with Crippen LogP contribution < -0.4 is 0 Å². The highest BCUT2D eigenvalue weighted by molar-refractivity contribution is 5.86. The van der Waals surface area contributed by atoms with Crippen LogP contribution >= 0.6 is 0 Å². The third-order valence-corrected chi connectivity index (χ3v) is 4.29. The van der Waals surface area contributed by atoms with E-state index in [2.05, 4.69) is 36.4 Å². The van der Waals surface area contributed by atoms with Gasteiger partial charge in [-0.2, -0.15) is 5.26 Å². The molecule has 4 rings (SSSR count). The molecule has 2 heteroatoms. The molecule has 0 amide bonds. The minimum Gasteiger partial charge on any atom is -0.251 e. The SMILES string of the molecule is Cc1nc2c(c(-c3ccccc3)c1C#N)Cc1ccccc1-2. The second kappa shape index (κ2) is 4.82. The van der Waals surface area contributed by atoms with E-state index in [4.69, 9.17) is 4.98 Å². The number of hydrogen-bond acceptors (Lipinski definition) is 2. The normalized spacial score (nSPS) is 11.6. The summed E-state index contributed by atoms with van der Waals surface area (Å²) in [6, 6.07) is 20.9. The number of nitrogens with zero attached hydrogens (tertiary/aromatic N) is 2. The predicted octanol–water partition coefficient (Wildman–Crippen LogP) is 4.50. The largest absolute Gasteiger partial charge is 0.251 e. The molecule has 0 spiro atoms. The van der Waals surface area contributed by atoms with Crippen molar-refractivity contribution in [3.8, 4) is 28.5 Å². The Kier molecular flexibility index (Phi) is 2.80. The Morgan fingerprint density at radius 3 is 2.50 bits per heavy atom.